The molecule has 0 aromatic heterocycles. The number of carboxylic acid groups (broad SMARTS) is 1. The second-order valence-corrected chi connectivity index (χ2v) is 7.69. The minimum atomic E-state index is -0.800. The van der Waals surface area contributed by atoms with Gasteiger partial charge in [-0.3, -0.25) is 9.59 Å². The molecule has 2 bridgehead atoms. The van der Waals surface area contributed by atoms with Crippen LogP contribution in [-0.4, -0.2) is 23.5 Å². The Morgan fingerprint density at radius 2 is 1.44 bits per heavy atom. The molecule has 3 aliphatic carbocycles. The maximum absolute atomic E-state index is 12.2. The largest absolute Gasteiger partial charge is 0.481 e. The van der Waals surface area contributed by atoms with Crippen molar-refractivity contribution in [1.82, 2.24) is 5.32 Å². The number of nitrogens with one attached hydrogen (secondary N) is 1. The third-order valence-corrected chi connectivity index (χ3v) is 6.03. The van der Waals surface area contributed by atoms with Crippen LogP contribution in [-0.2, 0) is 9.59 Å². The molecule has 0 heterocycles. The van der Waals surface area contributed by atoms with Crippen LogP contribution in [0.1, 0.15) is 66.2 Å². The molecule has 0 radical (unpaired) electrons. The first kappa shape index (κ1) is 17.8. The number of hydrogen-bond acceptors (Lipinski definition) is 2. The highest BCUT2D eigenvalue weighted by Crippen LogP contribution is 2.55. The van der Waals surface area contributed by atoms with Crippen LogP contribution in [0.3, 0.4) is 0 Å². The standard InChI is InChI=1S/C23H25NO3/c25-21(11-5-6-12-22(26)27)24-14-15-13-20-16-7-1-3-9-18(16)23(15)19-10-4-2-8-17(19)20/h1-4,7-10,15,20,23H,5-6,11-14H2,(H,24,25)(H,26,27). The van der Waals surface area contributed by atoms with E-state index in [0.29, 0.717) is 43.6 Å². The molecule has 0 aliphatic heterocycles. The predicted octanol–water partition coefficient (Wildman–Crippen LogP) is 4.04. The van der Waals surface area contributed by atoms with E-state index in [2.05, 4.69) is 53.8 Å². The van der Waals surface area contributed by atoms with Gasteiger partial charge in [0.25, 0.3) is 0 Å². The van der Waals surface area contributed by atoms with E-state index < -0.39 is 5.97 Å². The van der Waals surface area contributed by atoms with Gasteiger partial charge in [0.05, 0.1) is 0 Å². The van der Waals surface area contributed by atoms with Gasteiger partial charge < -0.3 is 10.4 Å². The molecule has 27 heavy (non-hydrogen) atoms. The lowest BCUT2D eigenvalue weighted by atomic mass is 9.59. The van der Waals surface area contributed by atoms with Crippen molar-refractivity contribution in [3.8, 4) is 0 Å². The van der Waals surface area contributed by atoms with Crippen LogP contribution in [0.2, 0.25) is 0 Å². The molecule has 4 nitrogen and oxygen atoms in total. The van der Waals surface area contributed by atoms with Crippen LogP contribution >= 0.6 is 0 Å². The van der Waals surface area contributed by atoms with Crippen LogP contribution < -0.4 is 5.32 Å². The summed E-state index contributed by atoms with van der Waals surface area (Å²) < 4.78 is 0. The minimum absolute atomic E-state index is 0.0309. The number of aliphatic carboxylic acids is 1. The second kappa shape index (κ2) is 7.55. The Bertz CT molecular complexity index is 813. The molecule has 2 N–H and O–H groups in total. The average Bonchev–Trinajstić information content (AvgIpc) is 2.69. The summed E-state index contributed by atoms with van der Waals surface area (Å²) in [6.45, 7) is 0.682. The summed E-state index contributed by atoms with van der Waals surface area (Å²) in [5.74, 6) is 0.395. The number of carboxylic acids is 1. The van der Waals surface area contributed by atoms with Gasteiger partial charge in [0.1, 0.15) is 0 Å². The van der Waals surface area contributed by atoms with Gasteiger partial charge in [0.15, 0.2) is 0 Å². The molecule has 1 unspecified atom stereocenters. The number of hydrogen-bond donors (Lipinski definition) is 2. The fourth-order valence-corrected chi connectivity index (χ4v) is 4.85. The summed E-state index contributed by atoms with van der Waals surface area (Å²) >= 11 is 0. The average molecular weight is 363 g/mol. The summed E-state index contributed by atoms with van der Waals surface area (Å²) in [6.07, 6.45) is 2.78. The summed E-state index contributed by atoms with van der Waals surface area (Å²) in [6, 6.07) is 17.4. The molecular formula is C23H25NO3. The zero-order valence-electron chi connectivity index (χ0n) is 15.4. The number of unbranched alkanes of at least 4 members (excludes halogenated alkanes) is 1. The van der Waals surface area contributed by atoms with Gasteiger partial charge in [0.2, 0.25) is 5.91 Å². The molecule has 0 fully saturated rings. The van der Waals surface area contributed by atoms with Crippen LogP contribution in [0.15, 0.2) is 48.5 Å². The van der Waals surface area contributed by atoms with Gasteiger partial charge in [-0.1, -0.05) is 48.5 Å². The van der Waals surface area contributed by atoms with E-state index >= 15 is 0 Å². The van der Waals surface area contributed by atoms with Crippen molar-refractivity contribution >= 4 is 11.9 Å². The Kier molecular flexibility index (Phi) is 4.97. The quantitative estimate of drug-likeness (QED) is 0.730. The molecule has 1 amide bonds. The summed E-state index contributed by atoms with van der Waals surface area (Å²) in [7, 11) is 0. The number of carbonyl (C=O) groups excluding carboxylic acids is 1. The zero-order valence-corrected chi connectivity index (χ0v) is 15.4. The predicted molar refractivity (Wildman–Crippen MR) is 104 cm³/mol. The van der Waals surface area contributed by atoms with E-state index in [0.717, 1.165) is 6.42 Å². The van der Waals surface area contributed by atoms with E-state index in [4.69, 9.17) is 5.11 Å². The van der Waals surface area contributed by atoms with E-state index in [1.54, 1.807) is 0 Å². The zero-order chi connectivity index (χ0) is 18.8. The molecule has 0 saturated carbocycles. The number of carbonyl (C=O) groups is 2. The van der Waals surface area contributed by atoms with Crippen molar-refractivity contribution in [3.63, 3.8) is 0 Å². The van der Waals surface area contributed by atoms with Gasteiger partial charge in [-0.2, -0.15) is 0 Å². The molecule has 140 valence electrons. The van der Waals surface area contributed by atoms with Crippen molar-refractivity contribution in [3.05, 3.63) is 70.8 Å². The number of amides is 1. The Hall–Kier alpha value is -2.62. The number of rotatable bonds is 7. The first-order chi connectivity index (χ1) is 13.1. The van der Waals surface area contributed by atoms with Gasteiger partial charge >= 0.3 is 5.97 Å². The fourth-order valence-electron chi connectivity index (χ4n) is 4.85. The molecule has 2 aromatic carbocycles. The second-order valence-electron chi connectivity index (χ2n) is 7.69. The van der Waals surface area contributed by atoms with Gasteiger partial charge in [0, 0.05) is 31.2 Å². The van der Waals surface area contributed by atoms with Crippen LogP contribution in [0.5, 0.6) is 0 Å². The number of benzene rings is 2. The first-order valence-electron chi connectivity index (χ1n) is 9.81. The highest BCUT2D eigenvalue weighted by Gasteiger charge is 2.42. The molecule has 3 aliphatic rings. The van der Waals surface area contributed by atoms with Crippen molar-refractivity contribution in [1.29, 1.82) is 0 Å². The molecule has 5 rings (SSSR count). The minimum Gasteiger partial charge on any atom is -0.481 e. The first-order valence-corrected chi connectivity index (χ1v) is 9.81. The maximum atomic E-state index is 12.2. The molecule has 0 saturated heterocycles. The van der Waals surface area contributed by atoms with Crippen molar-refractivity contribution in [2.45, 2.75) is 43.9 Å². The topological polar surface area (TPSA) is 66.4 Å². The Morgan fingerprint density at radius 3 is 2.04 bits per heavy atom. The third kappa shape index (κ3) is 3.48. The lowest BCUT2D eigenvalue weighted by Crippen LogP contribution is -2.39. The van der Waals surface area contributed by atoms with Crippen LogP contribution in [0.25, 0.3) is 0 Å². The van der Waals surface area contributed by atoms with Gasteiger partial charge in [-0.15, -0.1) is 0 Å². The Morgan fingerprint density at radius 1 is 0.889 bits per heavy atom. The lowest BCUT2D eigenvalue weighted by Gasteiger charge is -2.45. The maximum Gasteiger partial charge on any atom is 0.303 e. The Labute approximate surface area is 159 Å². The van der Waals surface area contributed by atoms with E-state index in [1.165, 1.54) is 22.3 Å². The SMILES string of the molecule is O=C(O)CCCCC(=O)NCC1CC2c3ccccc3C1c1ccccc12. The highest BCUT2D eigenvalue weighted by atomic mass is 16.4. The van der Waals surface area contributed by atoms with Gasteiger partial charge in [-0.05, 0) is 47.4 Å². The highest BCUT2D eigenvalue weighted by molar-refractivity contribution is 5.76. The Balaban J connectivity index is 1.44. The fraction of sp³-hybridized carbons (Fsp3) is 0.391. The number of fused-ring (bicyclic) bond motifs is 1. The lowest BCUT2D eigenvalue weighted by molar-refractivity contribution is -0.137. The monoisotopic (exact) mass is 363 g/mol. The summed E-state index contributed by atoms with van der Waals surface area (Å²) in [5.41, 5.74) is 5.70. The third-order valence-electron chi connectivity index (χ3n) is 6.03. The summed E-state index contributed by atoms with van der Waals surface area (Å²) in [4.78, 5) is 22.7. The van der Waals surface area contributed by atoms with Crippen LogP contribution in [0.4, 0.5) is 0 Å². The molecule has 2 aromatic rings. The molecular weight excluding hydrogens is 338 g/mol. The van der Waals surface area contributed by atoms with E-state index in [1.807, 2.05) is 0 Å². The normalized spacial score (nSPS) is 22.0. The van der Waals surface area contributed by atoms with Crippen molar-refractivity contribution in [2.24, 2.45) is 5.92 Å². The molecule has 0 spiro atoms. The van der Waals surface area contributed by atoms with Crippen molar-refractivity contribution in [2.75, 3.05) is 6.54 Å². The summed E-state index contributed by atoms with van der Waals surface area (Å²) in [5, 5.41) is 11.8. The van der Waals surface area contributed by atoms with Crippen molar-refractivity contribution < 1.29 is 14.7 Å². The molecule has 4 heteroatoms. The van der Waals surface area contributed by atoms with Crippen LogP contribution in [0, 0.1) is 5.92 Å². The van der Waals surface area contributed by atoms with Gasteiger partial charge in [-0.25, -0.2) is 0 Å². The van der Waals surface area contributed by atoms with E-state index in [9.17, 15) is 9.59 Å². The molecule has 1 atom stereocenters. The van der Waals surface area contributed by atoms with E-state index in [-0.39, 0.29) is 12.3 Å². The smallest absolute Gasteiger partial charge is 0.303 e.